The molecule has 2 aliphatic rings. The van der Waals surface area contributed by atoms with E-state index in [0.717, 1.165) is 20.8 Å². The summed E-state index contributed by atoms with van der Waals surface area (Å²) in [4.78, 5) is 11.4. The fraction of sp³-hybridized carbons (Fsp3) is 0. The van der Waals surface area contributed by atoms with Crippen molar-refractivity contribution >= 4 is 55.7 Å². The molecule has 8 heteroatoms. The average Bonchev–Trinajstić information content (AvgIpc) is 3.24. The highest BCUT2D eigenvalue weighted by Crippen LogP contribution is 2.30. The summed E-state index contributed by atoms with van der Waals surface area (Å²) in [6, 6.07) is 12.8. The molecule has 0 aromatic heterocycles. The lowest BCUT2D eigenvalue weighted by molar-refractivity contribution is -0.376. The molecule has 0 atom stereocenters. The van der Waals surface area contributed by atoms with Gasteiger partial charge in [0.1, 0.15) is 0 Å². The van der Waals surface area contributed by atoms with Crippen LogP contribution in [0.15, 0.2) is 76.6 Å². The molecule has 0 saturated carbocycles. The van der Waals surface area contributed by atoms with Gasteiger partial charge in [0.15, 0.2) is 0 Å². The summed E-state index contributed by atoms with van der Waals surface area (Å²) in [6.07, 6.45) is 6.13. The Morgan fingerprint density at radius 1 is 1.07 bits per heavy atom. The van der Waals surface area contributed by atoms with Crippen LogP contribution in [0.5, 0.6) is 0 Å². The molecule has 2 N–H and O–H groups in total. The van der Waals surface area contributed by atoms with E-state index in [0.29, 0.717) is 10.4 Å². The molecule has 4 rings (SSSR count). The van der Waals surface area contributed by atoms with Gasteiger partial charge in [0.25, 0.3) is 0 Å². The number of carbonyl (C=O) groups is 1. The molecule has 0 radical (unpaired) electrons. The van der Waals surface area contributed by atoms with Crippen LogP contribution in [0.3, 0.4) is 0 Å². The minimum absolute atomic E-state index is 0.00814. The smallest absolute Gasteiger partial charge is 0.336 e. The molecule has 2 aromatic carbocycles. The normalized spacial score (nSPS) is 18.8. The molecule has 0 fully saturated rings. The largest absolute Gasteiger partial charge is 0.612 e. The van der Waals surface area contributed by atoms with Crippen molar-refractivity contribution in [3.8, 4) is 0 Å². The zero-order valence-corrected chi connectivity index (χ0v) is 17.7. The number of hydrogen-bond donors (Lipinski definition) is 2. The molecule has 1 aliphatic heterocycles. The van der Waals surface area contributed by atoms with Crippen molar-refractivity contribution in [3.63, 3.8) is 0 Å². The third-order valence-corrected chi connectivity index (χ3v) is 6.06. The number of hydrogen-bond acceptors (Lipinski definition) is 5. The van der Waals surface area contributed by atoms with E-state index in [1.165, 1.54) is 17.8 Å². The molecule has 150 valence electrons. The van der Waals surface area contributed by atoms with Gasteiger partial charge < -0.3 is 20.8 Å². The van der Waals surface area contributed by atoms with E-state index in [2.05, 4.69) is 21.2 Å². The van der Waals surface area contributed by atoms with Gasteiger partial charge in [0.05, 0.1) is 21.9 Å². The minimum atomic E-state index is -1.14. The molecule has 1 heterocycles. The topological polar surface area (TPSA) is 98.5 Å². The van der Waals surface area contributed by atoms with Crippen LogP contribution < -0.4 is 15.8 Å². The summed E-state index contributed by atoms with van der Waals surface area (Å²) < 4.78 is 0.985. The van der Waals surface area contributed by atoms with Crippen molar-refractivity contribution in [1.29, 1.82) is 0 Å². The van der Waals surface area contributed by atoms with Gasteiger partial charge in [-0.3, -0.25) is 0 Å². The molecule has 30 heavy (non-hydrogen) atoms. The Kier molecular flexibility index (Phi) is 5.52. The van der Waals surface area contributed by atoms with Crippen LogP contribution in [0.2, 0.25) is 0 Å². The summed E-state index contributed by atoms with van der Waals surface area (Å²) in [5, 5.41) is 39.6. The predicted octanol–water partition coefficient (Wildman–Crippen LogP) is 3.27. The predicted molar refractivity (Wildman–Crippen MR) is 123 cm³/mol. The quantitative estimate of drug-likeness (QED) is 0.504. The number of carboxylic acids is 1. The van der Waals surface area contributed by atoms with Crippen LogP contribution in [0.1, 0.15) is 15.9 Å². The van der Waals surface area contributed by atoms with Gasteiger partial charge in [-0.1, -0.05) is 64.1 Å². The monoisotopic (exact) mass is 481 g/mol. The van der Waals surface area contributed by atoms with E-state index < -0.39 is 10.9 Å². The number of nitrogens with zero attached hydrogens (tertiary/aromatic N) is 1. The number of halogens is 1. The second-order valence-electron chi connectivity index (χ2n) is 6.45. The molecular weight excluding hydrogens is 468 g/mol. The van der Waals surface area contributed by atoms with E-state index in [1.54, 1.807) is 36.4 Å². The van der Waals surface area contributed by atoms with Crippen molar-refractivity contribution in [1.82, 2.24) is 5.32 Å². The Morgan fingerprint density at radius 2 is 1.80 bits per heavy atom. The van der Waals surface area contributed by atoms with Crippen molar-refractivity contribution < 1.29 is 14.8 Å². The van der Waals surface area contributed by atoms with Crippen LogP contribution in [-0.4, -0.2) is 21.7 Å². The maximum Gasteiger partial charge on any atom is 0.336 e. The standard InChI is InChI=1S/C22H14BrN2O4S/c23-15-8-5-13(6-9-15)19-12-30-21(24-19)14-7-10-16(18(11-14)22(26)27)17-3-1-2-4-20(17)25(28)29/h1-12,24H,(H-,26,27,28,29)/q-1. The van der Waals surface area contributed by atoms with Crippen LogP contribution >= 0.6 is 27.7 Å². The first-order valence-corrected chi connectivity index (χ1v) is 10.5. The lowest BCUT2D eigenvalue weighted by Crippen LogP contribution is -2.27. The van der Waals surface area contributed by atoms with Gasteiger partial charge >= 0.3 is 5.97 Å². The van der Waals surface area contributed by atoms with Crippen molar-refractivity contribution in [2.75, 3.05) is 0 Å². The molecule has 0 bridgehead atoms. The maximum absolute atomic E-state index is 11.9. The Bertz CT molecular complexity index is 1290. The highest BCUT2D eigenvalue weighted by molar-refractivity contribution is 9.10. The van der Waals surface area contributed by atoms with Crippen LogP contribution in [0.4, 0.5) is 0 Å². The highest BCUT2D eigenvalue weighted by Gasteiger charge is 2.18. The Hall–Kier alpha value is -3.23. The Balaban J connectivity index is 1.81. The van der Waals surface area contributed by atoms with Gasteiger partial charge in [-0.2, -0.15) is 4.90 Å². The molecule has 2 aromatic rings. The third-order valence-electron chi connectivity index (χ3n) is 4.60. The first-order chi connectivity index (χ1) is 14.4. The number of nitrogens with one attached hydrogen (secondary N) is 1. The van der Waals surface area contributed by atoms with Gasteiger partial charge in [-0.15, -0.1) is 0 Å². The maximum atomic E-state index is 11.9. The van der Waals surface area contributed by atoms with Gasteiger partial charge in [-0.05, 0) is 29.8 Å². The number of aromatic carboxylic acids is 1. The molecular formula is C22H14BrN2O4S-. The SMILES string of the molecule is O=C(O)c1cc(=C2NC(c3ccc(Br)cc3)=CS2)ccc1=C1C=CC=CC1=[N+]([O-])[O-]. The second-order valence-corrected chi connectivity index (χ2v) is 8.25. The first kappa shape index (κ1) is 20.1. The summed E-state index contributed by atoms with van der Waals surface area (Å²) in [7, 11) is 0. The molecule has 0 spiro atoms. The lowest BCUT2D eigenvalue weighted by Gasteiger charge is -2.12. The summed E-state index contributed by atoms with van der Waals surface area (Å²) in [5.41, 5.74) is 2.08. The zero-order chi connectivity index (χ0) is 21.3. The molecule has 0 unspecified atom stereocenters. The number of carboxylic acid groups (broad SMARTS) is 1. The van der Waals surface area contributed by atoms with Gasteiger partial charge in [-0.25, -0.2) is 4.79 Å². The van der Waals surface area contributed by atoms with Gasteiger partial charge in [0.2, 0.25) is 5.71 Å². The molecule has 1 aliphatic carbocycles. The Labute approximate surface area is 184 Å². The molecule has 0 saturated heterocycles. The van der Waals surface area contributed by atoms with Crippen molar-refractivity contribution in [2.45, 2.75) is 0 Å². The zero-order valence-electron chi connectivity index (χ0n) is 15.3. The third kappa shape index (κ3) is 3.92. The number of thioether (sulfide) groups is 1. The number of benzene rings is 2. The van der Waals surface area contributed by atoms with E-state index in [-0.39, 0.29) is 16.8 Å². The highest BCUT2D eigenvalue weighted by atomic mass is 79.9. The Morgan fingerprint density at radius 3 is 2.50 bits per heavy atom. The van der Waals surface area contributed by atoms with Crippen LogP contribution in [0.25, 0.3) is 16.3 Å². The van der Waals surface area contributed by atoms with Crippen molar-refractivity contribution in [2.24, 2.45) is 0 Å². The number of rotatable bonds is 2. The fourth-order valence-electron chi connectivity index (χ4n) is 3.17. The molecule has 6 nitrogen and oxygen atoms in total. The van der Waals surface area contributed by atoms with Crippen LogP contribution in [-0.2, 0) is 0 Å². The minimum Gasteiger partial charge on any atom is -0.612 e. The summed E-state index contributed by atoms with van der Waals surface area (Å²) >= 11 is 4.88. The molecule has 0 amide bonds. The number of allylic oxidation sites excluding steroid dienone is 4. The van der Waals surface area contributed by atoms with E-state index in [1.807, 2.05) is 29.7 Å². The van der Waals surface area contributed by atoms with Gasteiger partial charge in [0, 0.05) is 26.4 Å². The van der Waals surface area contributed by atoms with Crippen LogP contribution in [0, 0.1) is 10.4 Å². The summed E-state index contributed by atoms with van der Waals surface area (Å²) in [5.74, 6) is -1.14. The first-order valence-electron chi connectivity index (χ1n) is 8.82. The second kappa shape index (κ2) is 8.25. The van der Waals surface area contributed by atoms with Crippen molar-refractivity contribution in [3.05, 3.63) is 109 Å². The van der Waals surface area contributed by atoms with E-state index in [4.69, 9.17) is 0 Å². The summed E-state index contributed by atoms with van der Waals surface area (Å²) in [6.45, 7) is 0. The average molecular weight is 482 g/mol. The van der Waals surface area contributed by atoms with E-state index >= 15 is 0 Å². The fourth-order valence-corrected chi connectivity index (χ4v) is 4.29. The van der Waals surface area contributed by atoms with E-state index in [9.17, 15) is 20.3 Å². The lowest BCUT2D eigenvalue weighted by atomic mass is 9.99.